The molecule has 200 valence electrons. The highest BCUT2D eigenvalue weighted by Crippen LogP contribution is 2.25. The first-order chi connectivity index (χ1) is 19.4. The fourth-order valence-corrected chi connectivity index (χ4v) is 4.85. The molecule has 40 heavy (non-hydrogen) atoms. The summed E-state index contributed by atoms with van der Waals surface area (Å²) in [6.07, 6.45) is 0.127. The molecule has 5 rings (SSSR count). The molecule has 0 saturated heterocycles. The van der Waals surface area contributed by atoms with Crippen molar-refractivity contribution in [1.82, 2.24) is 5.32 Å². The van der Waals surface area contributed by atoms with Gasteiger partial charge in [-0.15, -0.1) is 0 Å². The fraction of sp³-hybridized carbons (Fsp3) is 0.0909. The predicted octanol–water partition coefficient (Wildman–Crippen LogP) is 6.78. The summed E-state index contributed by atoms with van der Waals surface area (Å²) in [5.74, 6) is -1.64. The van der Waals surface area contributed by atoms with E-state index in [1.54, 1.807) is 18.2 Å². The zero-order valence-corrected chi connectivity index (χ0v) is 22.4. The number of nitrogen functional groups attached to an aromatic ring is 1. The average Bonchev–Trinajstić information content (AvgIpc) is 2.97. The highest BCUT2D eigenvalue weighted by atomic mass is 35.5. The van der Waals surface area contributed by atoms with Gasteiger partial charge < -0.3 is 21.5 Å². The number of hydrogen-bond donors (Lipinski definition) is 4. The summed E-state index contributed by atoms with van der Waals surface area (Å²) in [5.41, 5.74) is 11.2. The van der Waals surface area contributed by atoms with E-state index in [2.05, 4.69) is 28.8 Å². The molecule has 0 aliphatic heterocycles. The second-order valence-corrected chi connectivity index (χ2v) is 10.0. The van der Waals surface area contributed by atoms with Crippen LogP contribution in [0.2, 0.25) is 5.02 Å². The average molecular weight is 550 g/mol. The maximum absolute atomic E-state index is 13.3. The number of anilines is 2. The summed E-state index contributed by atoms with van der Waals surface area (Å²) in [7, 11) is 0. The minimum Gasteiger partial charge on any atom is -0.480 e. The van der Waals surface area contributed by atoms with Gasteiger partial charge in [-0.25, -0.2) is 4.79 Å². The summed E-state index contributed by atoms with van der Waals surface area (Å²) >= 11 is 6.23. The van der Waals surface area contributed by atoms with Crippen molar-refractivity contribution in [3.63, 3.8) is 0 Å². The summed E-state index contributed by atoms with van der Waals surface area (Å²) < 4.78 is 0. The van der Waals surface area contributed by atoms with E-state index < -0.39 is 17.9 Å². The second kappa shape index (κ2) is 11.9. The van der Waals surface area contributed by atoms with Crippen molar-refractivity contribution in [3.8, 4) is 11.1 Å². The lowest BCUT2D eigenvalue weighted by molar-refractivity contribution is -0.139. The fourth-order valence-electron chi connectivity index (χ4n) is 4.68. The number of amides is 1. The number of carboxylic acid groups (broad SMARTS) is 1. The molecule has 1 atom stereocenters. The van der Waals surface area contributed by atoms with Crippen molar-refractivity contribution in [3.05, 3.63) is 131 Å². The van der Waals surface area contributed by atoms with E-state index in [4.69, 9.17) is 17.3 Å². The number of carbonyl (C=O) groups is 2. The third-order valence-electron chi connectivity index (χ3n) is 6.82. The van der Waals surface area contributed by atoms with Crippen molar-refractivity contribution in [2.24, 2.45) is 0 Å². The van der Waals surface area contributed by atoms with Crippen LogP contribution in [0.1, 0.15) is 21.5 Å². The van der Waals surface area contributed by atoms with E-state index in [0.717, 1.165) is 33.0 Å². The molecule has 0 bridgehead atoms. The smallest absolute Gasteiger partial charge is 0.326 e. The lowest BCUT2D eigenvalue weighted by atomic mass is 10.00. The minimum absolute atomic E-state index is 0.127. The molecular formula is C33H28ClN3O3. The quantitative estimate of drug-likeness (QED) is 0.152. The Kier molecular flexibility index (Phi) is 7.99. The van der Waals surface area contributed by atoms with Crippen molar-refractivity contribution in [1.29, 1.82) is 0 Å². The number of nitrogens with one attached hydrogen (secondary N) is 2. The number of hydrogen-bond acceptors (Lipinski definition) is 4. The van der Waals surface area contributed by atoms with Crippen LogP contribution in [-0.2, 0) is 17.8 Å². The highest BCUT2D eigenvalue weighted by molar-refractivity contribution is 6.31. The molecular weight excluding hydrogens is 522 g/mol. The SMILES string of the molecule is Nc1ccc(-c2ccc(C[C@H](NC(=O)c3cc(Cl)ccc3NCc3cccc4ccccc34)C(=O)O)cc2)cc1. The molecule has 0 heterocycles. The number of rotatable bonds is 9. The van der Waals surface area contributed by atoms with E-state index in [9.17, 15) is 14.7 Å². The Balaban J connectivity index is 1.31. The van der Waals surface area contributed by atoms with Gasteiger partial charge in [0.15, 0.2) is 0 Å². The van der Waals surface area contributed by atoms with E-state index in [-0.39, 0.29) is 12.0 Å². The van der Waals surface area contributed by atoms with Crippen LogP contribution >= 0.6 is 11.6 Å². The Bertz CT molecular complexity index is 1660. The van der Waals surface area contributed by atoms with Crippen LogP contribution in [0.15, 0.2) is 109 Å². The van der Waals surface area contributed by atoms with Crippen molar-refractivity contribution in [2.45, 2.75) is 19.0 Å². The van der Waals surface area contributed by atoms with Crippen molar-refractivity contribution < 1.29 is 14.7 Å². The number of benzene rings is 5. The van der Waals surface area contributed by atoms with Gasteiger partial charge in [0.1, 0.15) is 6.04 Å². The molecule has 0 saturated carbocycles. The monoisotopic (exact) mass is 549 g/mol. The molecule has 0 radical (unpaired) electrons. The minimum atomic E-state index is -1.13. The number of fused-ring (bicyclic) bond motifs is 1. The van der Waals surface area contributed by atoms with Gasteiger partial charge in [0.25, 0.3) is 5.91 Å². The maximum Gasteiger partial charge on any atom is 0.326 e. The molecule has 0 aliphatic rings. The molecule has 1 amide bonds. The van der Waals surface area contributed by atoms with Crippen LogP contribution in [-0.4, -0.2) is 23.0 Å². The Hall–Kier alpha value is -4.81. The van der Waals surface area contributed by atoms with Gasteiger partial charge in [-0.1, -0.05) is 90.5 Å². The van der Waals surface area contributed by atoms with Gasteiger partial charge in [0.2, 0.25) is 0 Å². The van der Waals surface area contributed by atoms with E-state index >= 15 is 0 Å². The Morgan fingerprint density at radius 2 is 1.50 bits per heavy atom. The predicted molar refractivity (Wildman–Crippen MR) is 162 cm³/mol. The van der Waals surface area contributed by atoms with Gasteiger partial charge in [-0.2, -0.15) is 0 Å². The van der Waals surface area contributed by atoms with Gasteiger partial charge >= 0.3 is 5.97 Å². The standard InChI is InChI=1S/C33H28ClN3O3/c34-26-14-17-30(36-20-25-6-3-5-24-4-1-2-7-28(24)25)29(19-26)32(38)37-31(33(39)40)18-21-8-10-22(11-9-21)23-12-15-27(35)16-13-23/h1-17,19,31,36H,18,20,35H2,(H,37,38)(H,39,40)/t31-/m0/s1. The van der Waals surface area contributed by atoms with Crippen LogP contribution in [0.4, 0.5) is 11.4 Å². The largest absolute Gasteiger partial charge is 0.480 e. The van der Waals surface area contributed by atoms with Crippen LogP contribution in [0.5, 0.6) is 0 Å². The van der Waals surface area contributed by atoms with Crippen LogP contribution in [0.25, 0.3) is 21.9 Å². The molecule has 0 aliphatic carbocycles. The lowest BCUT2D eigenvalue weighted by Gasteiger charge is -2.18. The van der Waals surface area contributed by atoms with Gasteiger partial charge in [0.05, 0.1) is 5.56 Å². The van der Waals surface area contributed by atoms with Gasteiger partial charge in [-0.3, -0.25) is 4.79 Å². The number of nitrogens with two attached hydrogens (primary N) is 1. The van der Waals surface area contributed by atoms with Crippen molar-refractivity contribution in [2.75, 3.05) is 11.1 Å². The Morgan fingerprint density at radius 3 is 2.23 bits per heavy atom. The lowest BCUT2D eigenvalue weighted by Crippen LogP contribution is -2.42. The molecule has 5 N–H and O–H groups in total. The number of carbonyl (C=O) groups excluding carboxylic acids is 1. The second-order valence-electron chi connectivity index (χ2n) is 9.57. The number of carboxylic acids is 1. The number of halogens is 1. The van der Waals surface area contributed by atoms with E-state index in [1.165, 1.54) is 0 Å². The zero-order chi connectivity index (χ0) is 28.1. The molecule has 7 heteroatoms. The first-order valence-corrected chi connectivity index (χ1v) is 13.2. The third-order valence-corrected chi connectivity index (χ3v) is 7.05. The Labute approximate surface area is 237 Å². The van der Waals surface area contributed by atoms with Crippen LogP contribution < -0.4 is 16.4 Å². The number of aliphatic carboxylic acids is 1. The molecule has 0 fully saturated rings. The molecule has 6 nitrogen and oxygen atoms in total. The molecule has 5 aromatic rings. The van der Waals surface area contributed by atoms with E-state index in [1.807, 2.05) is 72.8 Å². The topological polar surface area (TPSA) is 104 Å². The zero-order valence-electron chi connectivity index (χ0n) is 21.6. The van der Waals surface area contributed by atoms with Crippen LogP contribution in [0.3, 0.4) is 0 Å². The summed E-state index contributed by atoms with van der Waals surface area (Å²) in [4.78, 5) is 25.4. The highest BCUT2D eigenvalue weighted by Gasteiger charge is 2.23. The first kappa shape index (κ1) is 26.8. The van der Waals surface area contributed by atoms with Crippen LogP contribution in [0, 0.1) is 0 Å². The molecule has 0 aromatic heterocycles. The normalized spacial score (nSPS) is 11.6. The molecule has 0 spiro atoms. The molecule has 5 aromatic carbocycles. The van der Waals surface area contributed by atoms with E-state index in [0.29, 0.717) is 22.9 Å². The maximum atomic E-state index is 13.3. The van der Waals surface area contributed by atoms with Gasteiger partial charge in [-0.05, 0) is 63.4 Å². The third kappa shape index (κ3) is 6.25. The Morgan fingerprint density at radius 1 is 0.825 bits per heavy atom. The summed E-state index contributed by atoms with van der Waals surface area (Å²) in [6, 6.07) is 33.1. The summed E-state index contributed by atoms with van der Waals surface area (Å²) in [5, 5.41) is 18.5. The first-order valence-electron chi connectivity index (χ1n) is 12.9. The summed E-state index contributed by atoms with van der Waals surface area (Å²) in [6.45, 7) is 0.478. The van der Waals surface area contributed by atoms with Gasteiger partial charge in [0, 0.05) is 29.4 Å². The molecule has 0 unspecified atom stereocenters. The van der Waals surface area contributed by atoms with Crippen molar-refractivity contribution >= 4 is 45.6 Å².